The Morgan fingerprint density at radius 1 is 1.09 bits per heavy atom. The third-order valence-electron chi connectivity index (χ3n) is 3.23. The second kappa shape index (κ2) is 8.04. The van der Waals surface area contributed by atoms with Gasteiger partial charge in [0.05, 0.1) is 6.61 Å². The van der Waals surface area contributed by atoms with Crippen molar-refractivity contribution in [2.45, 2.75) is 40.5 Å². The van der Waals surface area contributed by atoms with Crippen LogP contribution in [0.2, 0.25) is 0 Å². The van der Waals surface area contributed by atoms with Crippen LogP contribution < -0.4 is 4.74 Å². The molecule has 1 rings (SSSR count). The summed E-state index contributed by atoms with van der Waals surface area (Å²) in [6, 6.07) is 2.39. The van der Waals surface area contributed by atoms with Gasteiger partial charge < -0.3 is 9.47 Å². The molecular weight excluding hydrogens is 306 g/mol. The van der Waals surface area contributed by atoms with Gasteiger partial charge >= 0.3 is 11.9 Å². The number of carbonyl (C=O) groups is 2. The molecule has 0 saturated carbocycles. The molecule has 0 spiro atoms. The standard InChI is InChI=1S/C17H22F2O4/c1-11(2)6-5-7-22-15(20)17(3,4)16(21)23-14-9-12(18)8-13(19)10-14/h8-11H,5-7H2,1-4H3. The summed E-state index contributed by atoms with van der Waals surface area (Å²) < 4.78 is 36.1. The van der Waals surface area contributed by atoms with E-state index in [2.05, 4.69) is 13.8 Å². The Morgan fingerprint density at radius 3 is 2.17 bits per heavy atom. The summed E-state index contributed by atoms with van der Waals surface area (Å²) in [6.07, 6.45) is 1.60. The molecule has 0 heterocycles. The second-order valence-corrected chi connectivity index (χ2v) is 6.29. The zero-order valence-electron chi connectivity index (χ0n) is 13.8. The van der Waals surface area contributed by atoms with Crippen molar-refractivity contribution in [1.29, 1.82) is 0 Å². The molecule has 4 nitrogen and oxygen atoms in total. The van der Waals surface area contributed by atoms with Crippen LogP contribution in [0.15, 0.2) is 18.2 Å². The van der Waals surface area contributed by atoms with Crippen molar-refractivity contribution in [3.8, 4) is 5.75 Å². The third-order valence-corrected chi connectivity index (χ3v) is 3.23. The maximum absolute atomic E-state index is 13.1. The maximum atomic E-state index is 13.1. The normalized spacial score (nSPS) is 11.4. The highest BCUT2D eigenvalue weighted by molar-refractivity contribution is 5.99. The van der Waals surface area contributed by atoms with Gasteiger partial charge in [-0.25, -0.2) is 8.78 Å². The van der Waals surface area contributed by atoms with Crippen molar-refractivity contribution in [3.63, 3.8) is 0 Å². The Bertz CT molecular complexity index is 547. The van der Waals surface area contributed by atoms with Crippen molar-refractivity contribution in [2.75, 3.05) is 6.61 Å². The SMILES string of the molecule is CC(C)CCCOC(=O)C(C)(C)C(=O)Oc1cc(F)cc(F)c1. The minimum Gasteiger partial charge on any atom is -0.465 e. The molecule has 0 atom stereocenters. The van der Waals surface area contributed by atoms with E-state index >= 15 is 0 Å². The van der Waals surface area contributed by atoms with Gasteiger partial charge in [-0.3, -0.25) is 9.59 Å². The second-order valence-electron chi connectivity index (χ2n) is 6.29. The Balaban J connectivity index is 2.63. The topological polar surface area (TPSA) is 52.6 Å². The molecule has 6 heteroatoms. The number of esters is 2. The van der Waals surface area contributed by atoms with Crippen LogP contribution in [0.4, 0.5) is 8.78 Å². The summed E-state index contributed by atoms with van der Waals surface area (Å²) >= 11 is 0. The summed E-state index contributed by atoms with van der Waals surface area (Å²) in [5.41, 5.74) is -1.57. The lowest BCUT2D eigenvalue weighted by molar-refractivity contribution is -0.164. The van der Waals surface area contributed by atoms with Crippen LogP contribution in [-0.4, -0.2) is 18.5 Å². The van der Waals surface area contributed by atoms with E-state index in [1.54, 1.807) is 0 Å². The highest BCUT2D eigenvalue weighted by Gasteiger charge is 2.40. The van der Waals surface area contributed by atoms with Crippen LogP contribution in [-0.2, 0) is 14.3 Å². The van der Waals surface area contributed by atoms with Gasteiger partial charge in [0, 0.05) is 18.2 Å². The van der Waals surface area contributed by atoms with Gasteiger partial charge in [0.25, 0.3) is 0 Å². The highest BCUT2D eigenvalue weighted by Crippen LogP contribution is 2.23. The van der Waals surface area contributed by atoms with Gasteiger partial charge in [0.1, 0.15) is 17.4 Å². The molecular formula is C17H22F2O4. The first-order valence-electron chi connectivity index (χ1n) is 7.48. The predicted octanol–water partition coefficient (Wildman–Crippen LogP) is 3.88. The number of hydrogen-bond donors (Lipinski definition) is 0. The summed E-state index contributed by atoms with van der Waals surface area (Å²) in [6.45, 7) is 7.01. The molecule has 0 fully saturated rings. The summed E-state index contributed by atoms with van der Waals surface area (Å²) in [5.74, 6) is -3.22. The Labute approximate surface area is 134 Å². The average Bonchev–Trinajstić information content (AvgIpc) is 2.41. The highest BCUT2D eigenvalue weighted by atomic mass is 19.1. The van der Waals surface area contributed by atoms with Crippen LogP contribution in [0.5, 0.6) is 5.75 Å². The molecule has 0 bridgehead atoms. The number of halogens is 2. The Morgan fingerprint density at radius 2 is 1.65 bits per heavy atom. The molecule has 0 aromatic heterocycles. The lowest BCUT2D eigenvalue weighted by atomic mass is 9.94. The van der Waals surface area contributed by atoms with Gasteiger partial charge in [-0.15, -0.1) is 0 Å². The fraction of sp³-hybridized carbons (Fsp3) is 0.529. The van der Waals surface area contributed by atoms with Gasteiger partial charge in [0.15, 0.2) is 5.41 Å². The smallest absolute Gasteiger partial charge is 0.328 e. The first-order valence-corrected chi connectivity index (χ1v) is 7.48. The average molecular weight is 328 g/mol. The van der Waals surface area contributed by atoms with Crippen LogP contribution in [0, 0.1) is 23.0 Å². The minimum atomic E-state index is -1.57. The molecule has 0 aliphatic heterocycles. The summed E-state index contributed by atoms with van der Waals surface area (Å²) in [5, 5.41) is 0. The molecule has 23 heavy (non-hydrogen) atoms. The zero-order chi connectivity index (χ0) is 17.6. The maximum Gasteiger partial charge on any atom is 0.328 e. The fourth-order valence-corrected chi connectivity index (χ4v) is 1.74. The van der Waals surface area contributed by atoms with Gasteiger partial charge in [-0.2, -0.15) is 0 Å². The molecule has 1 aromatic rings. The molecule has 0 N–H and O–H groups in total. The number of ether oxygens (including phenoxy) is 2. The van der Waals surface area contributed by atoms with E-state index in [9.17, 15) is 18.4 Å². The molecule has 0 amide bonds. The largest absolute Gasteiger partial charge is 0.465 e. The lowest BCUT2D eigenvalue weighted by Gasteiger charge is -2.20. The van der Waals surface area contributed by atoms with E-state index in [-0.39, 0.29) is 12.4 Å². The molecule has 1 aromatic carbocycles. The van der Waals surface area contributed by atoms with E-state index in [0.717, 1.165) is 18.6 Å². The van der Waals surface area contributed by atoms with E-state index in [1.807, 2.05) is 0 Å². The molecule has 0 saturated heterocycles. The minimum absolute atomic E-state index is 0.211. The van der Waals surface area contributed by atoms with Crippen molar-refractivity contribution < 1.29 is 27.8 Å². The number of benzene rings is 1. The Hall–Kier alpha value is -1.98. The molecule has 0 radical (unpaired) electrons. The van der Waals surface area contributed by atoms with Crippen molar-refractivity contribution in [1.82, 2.24) is 0 Å². The van der Waals surface area contributed by atoms with Crippen molar-refractivity contribution >= 4 is 11.9 Å². The lowest BCUT2D eigenvalue weighted by Crippen LogP contribution is -2.38. The van der Waals surface area contributed by atoms with E-state index in [1.165, 1.54) is 13.8 Å². The molecule has 0 unspecified atom stereocenters. The van der Waals surface area contributed by atoms with Crippen molar-refractivity contribution in [2.24, 2.45) is 11.3 Å². The first-order chi connectivity index (χ1) is 10.6. The molecule has 0 aliphatic carbocycles. The van der Waals surface area contributed by atoms with Crippen LogP contribution >= 0.6 is 0 Å². The summed E-state index contributed by atoms with van der Waals surface area (Å²) in [4.78, 5) is 24.1. The number of carbonyl (C=O) groups excluding carboxylic acids is 2. The zero-order valence-corrected chi connectivity index (χ0v) is 13.8. The number of hydrogen-bond acceptors (Lipinski definition) is 4. The van der Waals surface area contributed by atoms with Gasteiger partial charge in [0.2, 0.25) is 0 Å². The molecule has 128 valence electrons. The van der Waals surface area contributed by atoms with Crippen LogP contribution in [0.25, 0.3) is 0 Å². The first kappa shape index (κ1) is 19.1. The Kier molecular flexibility index (Phi) is 6.66. The van der Waals surface area contributed by atoms with Crippen LogP contribution in [0.3, 0.4) is 0 Å². The van der Waals surface area contributed by atoms with Gasteiger partial charge in [-0.05, 0) is 32.6 Å². The van der Waals surface area contributed by atoms with Crippen LogP contribution in [0.1, 0.15) is 40.5 Å². The number of rotatable bonds is 7. The summed E-state index contributed by atoms with van der Waals surface area (Å²) in [7, 11) is 0. The van der Waals surface area contributed by atoms with E-state index in [0.29, 0.717) is 18.4 Å². The molecule has 0 aliphatic rings. The van der Waals surface area contributed by atoms with Gasteiger partial charge in [-0.1, -0.05) is 13.8 Å². The van der Waals surface area contributed by atoms with E-state index < -0.39 is 29.0 Å². The quantitative estimate of drug-likeness (QED) is 0.330. The monoisotopic (exact) mass is 328 g/mol. The predicted molar refractivity (Wildman–Crippen MR) is 80.8 cm³/mol. The fourth-order valence-electron chi connectivity index (χ4n) is 1.74. The third kappa shape index (κ3) is 5.96. The van der Waals surface area contributed by atoms with Crippen molar-refractivity contribution in [3.05, 3.63) is 29.8 Å². The van der Waals surface area contributed by atoms with E-state index in [4.69, 9.17) is 9.47 Å².